The molecular weight excluding hydrogens is 366 g/mol. The summed E-state index contributed by atoms with van der Waals surface area (Å²) in [7, 11) is 0. The smallest absolute Gasteiger partial charge is 0.251 e. The summed E-state index contributed by atoms with van der Waals surface area (Å²) < 4.78 is 0. The Morgan fingerprint density at radius 3 is 2.32 bits per heavy atom. The Morgan fingerprint density at radius 2 is 1.61 bits per heavy atom. The maximum atomic E-state index is 12.9. The van der Waals surface area contributed by atoms with E-state index in [0.717, 1.165) is 24.0 Å². The summed E-state index contributed by atoms with van der Waals surface area (Å²) in [5.41, 5.74) is 4.87. The van der Waals surface area contributed by atoms with Crippen molar-refractivity contribution in [1.29, 1.82) is 0 Å². The van der Waals surface area contributed by atoms with Gasteiger partial charge in [0.05, 0.1) is 0 Å². The summed E-state index contributed by atoms with van der Waals surface area (Å²) in [5.74, 6) is -0.0879. The average Bonchev–Trinajstić information content (AvgIpc) is 2.72. The minimum atomic E-state index is -0.0879. The van der Waals surface area contributed by atoms with Crippen molar-refractivity contribution in [2.24, 2.45) is 0 Å². The van der Waals surface area contributed by atoms with Gasteiger partial charge < -0.3 is 5.32 Å². The number of amides is 1. The van der Waals surface area contributed by atoms with Gasteiger partial charge in [0.2, 0.25) is 0 Å². The first-order valence-corrected chi connectivity index (χ1v) is 9.86. The minimum absolute atomic E-state index is 0.0879. The van der Waals surface area contributed by atoms with Gasteiger partial charge in [-0.1, -0.05) is 90.0 Å². The number of hydrogen-bond donors (Lipinski definition) is 1. The standard InChI is InChI=1S/C25H24ClNO/c1-19-13-15-20(16-14-19)8-7-17-27-25(28)23(21-9-3-2-4-10-21)18-22-11-5-6-12-24(22)26/h2-6,9-16,18H,7-8,17H2,1H3,(H,27,28)/b23-18+. The zero-order chi connectivity index (χ0) is 19.8. The Kier molecular flexibility index (Phi) is 7.05. The largest absolute Gasteiger partial charge is 0.352 e. The van der Waals surface area contributed by atoms with Crippen molar-refractivity contribution in [3.8, 4) is 0 Å². The summed E-state index contributed by atoms with van der Waals surface area (Å²) >= 11 is 6.29. The Hall–Kier alpha value is -2.84. The number of carbonyl (C=O) groups excluding carboxylic acids is 1. The van der Waals surface area contributed by atoms with E-state index in [0.29, 0.717) is 17.1 Å². The SMILES string of the molecule is Cc1ccc(CCCNC(=O)/C(=C/c2ccccc2Cl)c2ccccc2)cc1. The number of carbonyl (C=O) groups is 1. The molecule has 3 rings (SSSR count). The molecule has 0 aliphatic heterocycles. The molecule has 1 amide bonds. The van der Waals surface area contributed by atoms with E-state index >= 15 is 0 Å². The minimum Gasteiger partial charge on any atom is -0.352 e. The highest BCUT2D eigenvalue weighted by Gasteiger charge is 2.12. The molecule has 0 aliphatic carbocycles. The van der Waals surface area contributed by atoms with E-state index in [-0.39, 0.29) is 5.91 Å². The van der Waals surface area contributed by atoms with Gasteiger partial charge in [0, 0.05) is 17.1 Å². The maximum absolute atomic E-state index is 12.9. The third kappa shape index (κ3) is 5.58. The fourth-order valence-electron chi connectivity index (χ4n) is 2.99. The van der Waals surface area contributed by atoms with Gasteiger partial charge in [-0.05, 0) is 48.6 Å². The molecule has 0 unspecified atom stereocenters. The molecule has 0 fully saturated rings. The molecule has 3 heteroatoms. The van der Waals surface area contributed by atoms with Gasteiger partial charge in [-0.25, -0.2) is 0 Å². The van der Waals surface area contributed by atoms with Gasteiger partial charge in [-0.15, -0.1) is 0 Å². The van der Waals surface area contributed by atoms with Gasteiger partial charge in [0.1, 0.15) is 0 Å². The molecule has 1 N–H and O–H groups in total. The number of nitrogens with one attached hydrogen (secondary N) is 1. The van der Waals surface area contributed by atoms with Crippen LogP contribution in [-0.4, -0.2) is 12.5 Å². The first kappa shape index (κ1) is 19.9. The lowest BCUT2D eigenvalue weighted by atomic mass is 10.0. The first-order valence-electron chi connectivity index (χ1n) is 9.49. The van der Waals surface area contributed by atoms with Gasteiger partial charge in [0.15, 0.2) is 0 Å². The van der Waals surface area contributed by atoms with Crippen molar-refractivity contribution >= 4 is 29.2 Å². The van der Waals surface area contributed by atoms with E-state index < -0.39 is 0 Å². The Morgan fingerprint density at radius 1 is 0.929 bits per heavy atom. The lowest BCUT2D eigenvalue weighted by Gasteiger charge is -2.10. The van der Waals surface area contributed by atoms with Crippen LogP contribution >= 0.6 is 11.6 Å². The highest BCUT2D eigenvalue weighted by molar-refractivity contribution is 6.33. The van der Waals surface area contributed by atoms with Gasteiger partial charge in [-0.2, -0.15) is 0 Å². The van der Waals surface area contributed by atoms with E-state index in [4.69, 9.17) is 11.6 Å². The van der Waals surface area contributed by atoms with Crippen molar-refractivity contribution in [3.05, 3.63) is 106 Å². The van der Waals surface area contributed by atoms with Crippen molar-refractivity contribution in [3.63, 3.8) is 0 Å². The van der Waals surface area contributed by atoms with E-state index in [2.05, 4.69) is 36.5 Å². The van der Waals surface area contributed by atoms with Gasteiger partial charge in [0.25, 0.3) is 5.91 Å². The fourth-order valence-corrected chi connectivity index (χ4v) is 3.18. The first-order chi connectivity index (χ1) is 13.6. The zero-order valence-corrected chi connectivity index (χ0v) is 16.7. The summed E-state index contributed by atoms with van der Waals surface area (Å²) in [6, 6.07) is 25.7. The van der Waals surface area contributed by atoms with Crippen molar-refractivity contribution < 1.29 is 4.79 Å². The Balaban J connectivity index is 1.69. The van der Waals surface area contributed by atoms with Crippen LogP contribution < -0.4 is 5.32 Å². The number of rotatable bonds is 7. The monoisotopic (exact) mass is 389 g/mol. The van der Waals surface area contributed by atoms with E-state index in [1.54, 1.807) is 0 Å². The maximum Gasteiger partial charge on any atom is 0.251 e. The number of aryl methyl sites for hydroxylation is 2. The molecule has 0 radical (unpaired) electrons. The lowest BCUT2D eigenvalue weighted by Crippen LogP contribution is -2.25. The molecule has 3 aromatic rings. The van der Waals surface area contributed by atoms with E-state index in [9.17, 15) is 4.79 Å². The zero-order valence-electron chi connectivity index (χ0n) is 16.0. The normalized spacial score (nSPS) is 11.3. The summed E-state index contributed by atoms with van der Waals surface area (Å²) in [6.45, 7) is 2.71. The van der Waals surface area contributed by atoms with E-state index in [1.165, 1.54) is 11.1 Å². The molecule has 0 spiro atoms. The lowest BCUT2D eigenvalue weighted by molar-refractivity contribution is -0.115. The van der Waals surface area contributed by atoms with Crippen LogP contribution in [0.15, 0.2) is 78.9 Å². The topological polar surface area (TPSA) is 29.1 Å². The molecule has 0 saturated carbocycles. The molecule has 0 aliphatic rings. The van der Waals surface area contributed by atoms with Crippen LogP contribution in [0, 0.1) is 6.92 Å². The van der Waals surface area contributed by atoms with Crippen LogP contribution in [-0.2, 0) is 11.2 Å². The van der Waals surface area contributed by atoms with Crippen LogP contribution in [0.5, 0.6) is 0 Å². The number of halogens is 1. The highest BCUT2D eigenvalue weighted by atomic mass is 35.5. The molecule has 2 nitrogen and oxygen atoms in total. The summed E-state index contributed by atoms with van der Waals surface area (Å²) in [6.07, 6.45) is 3.69. The quantitative estimate of drug-likeness (QED) is 0.302. The second kappa shape index (κ2) is 9.91. The Labute approximate surface area is 171 Å². The highest BCUT2D eigenvalue weighted by Crippen LogP contribution is 2.23. The predicted octanol–water partition coefficient (Wildman–Crippen LogP) is 5.94. The van der Waals surface area contributed by atoms with Crippen molar-refractivity contribution in [1.82, 2.24) is 5.32 Å². The van der Waals surface area contributed by atoms with Gasteiger partial charge in [-0.3, -0.25) is 4.79 Å². The summed E-state index contributed by atoms with van der Waals surface area (Å²) in [5, 5.41) is 3.68. The average molecular weight is 390 g/mol. The second-order valence-corrected chi connectivity index (χ2v) is 7.20. The molecular formula is C25H24ClNO. The molecule has 0 saturated heterocycles. The molecule has 0 atom stereocenters. The number of hydrogen-bond acceptors (Lipinski definition) is 1. The van der Waals surface area contributed by atoms with Crippen LogP contribution in [0.1, 0.15) is 28.7 Å². The van der Waals surface area contributed by atoms with Crippen LogP contribution in [0.25, 0.3) is 11.6 Å². The van der Waals surface area contributed by atoms with Gasteiger partial charge >= 0.3 is 0 Å². The molecule has 0 bridgehead atoms. The van der Waals surface area contributed by atoms with Crippen molar-refractivity contribution in [2.75, 3.05) is 6.54 Å². The van der Waals surface area contributed by atoms with E-state index in [1.807, 2.05) is 60.7 Å². The van der Waals surface area contributed by atoms with Crippen LogP contribution in [0.4, 0.5) is 0 Å². The van der Waals surface area contributed by atoms with Crippen molar-refractivity contribution in [2.45, 2.75) is 19.8 Å². The molecule has 28 heavy (non-hydrogen) atoms. The molecule has 0 aromatic heterocycles. The second-order valence-electron chi connectivity index (χ2n) is 6.79. The van der Waals surface area contributed by atoms with Crippen LogP contribution in [0.2, 0.25) is 5.02 Å². The predicted molar refractivity (Wildman–Crippen MR) is 118 cm³/mol. The number of benzene rings is 3. The molecule has 142 valence electrons. The third-order valence-electron chi connectivity index (χ3n) is 4.58. The van der Waals surface area contributed by atoms with Crippen LogP contribution in [0.3, 0.4) is 0 Å². The fraction of sp³-hybridized carbons (Fsp3) is 0.160. The Bertz CT molecular complexity index is 946. The molecule has 0 heterocycles. The molecule has 3 aromatic carbocycles. The summed E-state index contributed by atoms with van der Waals surface area (Å²) in [4.78, 5) is 12.9. The third-order valence-corrected chi connectivity index (χ3v) is 4.93.